The molecule has 17 rings (SSSR count). The number of aliphatic hydroxyl groups is 3. The molecule has 8 aliphatic heterocycles. The van der Waals surface area contributed by atoms with Gasteiger partial charge in [-0.25, -0.2) is 6.57 Å². The van der Waals surface area contributed by atoms with Gasteiger partial charge in [0.25, 0.3) is 5.91 Å². The number of rotatable bonds is 15. The minimum Gasteiger partial charge on any atom is -0.504 e. The van der Waals surface area contributed by atoms with Gasteiger partial charge in [0, 0.05) is 59.4 Å². The Bertz CT molecular complexity index is 6030. The molecule has 14 atom stereocenters. The fourth-order valence-corrected chi connectivity index (χ4v) is 18.2. The molecule has 37 heteroatoms. The van der Waals surface area contributed by atoms with Gasteiger partial charge in [0.1, 0.15) is 100 Å². The summed E-state index contributed by atoms with van der Waals surface area (Å²) < 4.78 is 65.8. The van der Waals surface area contributed by atoms with E-state index in [-0.39, 0.29) is 113 Å². The zero-order chi connectivity index (χ0) is 96.7. The summed E-state index contributed by atoms with van der Waals surface area (Å²) in [4.78, 5) is 110. The maximum Gasteiger partial charge on any atom is 0.250 e. The molecule has 8 aliphatic rings. The fourth-order valence-electron chi connectivity index (χ4n) is 17.6. The molecule has 716 valence electrons. The number of nitrogens with two attached hydrogens (primary N) is 1. The molecule has 0 radical (unpaired) electrons. The molecule has 0 spiro atoms. The van der Waals surface area contributed by atoms with E-state index in [1.165, 1.54) is 103 Å². The van der Waals surface area contributed by atoms with Crippen molar-refractivity contribution in [3.05, 3.63) is 216 Å². The van der Waals surface area contributed by atoms with Gasteiger partial charge in [-0.05, 0) is 186 Å². The predicted molar refractivity (Wildman–Crippen MR) is 501 cm³/mol. The lowest BCUT2D eigenvalue weighted by atomic mass is 9.88. The second-order valence-electron chi connectivity index (χ2n) is 33.5. The Morgan fingerprint density at radius 3 is 1.30 bits per heavy atom. The van der Waals surface area contributed by atoms with Crippen molar-refractivity contribution in [1.82, 2.24) is 47.0 Å². The van der Waals surface area contributed by atoms with E-state index in [1.54, 1.807) is 112 Å². The summed E-state index contributed by atoms with van der Waals surface area (Å²) in [5, 5.41) is 67.3. The van der Waals surface area contributed by atoms with Crippen LogP contribution in [0.25, 0.3) is 27.1 Å². The Morgan fingerprint density at radius 1 is 0.474 bits per heavy atom. The maximum atomic E-state index is 15.5. The van der Waals surface area contributed by atoms with Gasteiger partial charge in [-0.1, -0.05) is 99.8 Å². The number of carbonyl (C=O) groups is 7. The number of aromatic hydroxyl groups is 1. The molecule has 9 aromatic rings. The second kappa shape index (κ2) is 43.5. The number of hydrogen-bond donors (Lipinski definition) is 12. The van der Waals surface area contributed by atoms with Gasteiger partial charge in [0.15, 0.2) is 29.0 Å². The summed E-state index contributed by atoms with van der Waals surface area (Å²) in [6.45, 7) is 16.5. The monoisotopic (exact) mass is 1920 g/mol. The maximum absolute atomic E-state index is 15.5. The highest BCUT2D eigenvalue weighted by Gasteiger charge is 2.44. The van der Waals surface area contributed by atoms with Crippen LogP contribution >= 0.6 is 34.8 Å². The standard InChI is InChI=1S/C59H65Cl2N7O13.C39H43ClN4O9.FH/c1-11-39-35-24-34(76-7)25-45(78-9)48(35)36-19-30(12-15-42(36)77-8)51-59(75)67-50(57(73)63-39)53(70)32-14-17-44(38(61)21-32)81-47-23-33-22-46(54(47)79-10)80-43-16-13-31(20-37(43)60)52(69)49(66-55(71)29(4)18-28(2)3)58(74)64-40(26-62-5)56(72)65-41(33)27-68(51)6;1-7-27-23-16-22(49-3)17-31(51-5)33(23)24-12-19(8-10-29(24)50-4)35-39(48)43-34(38(47)42-27)36(46)20-9-11-30(25(40)13-20)53-32-15-21(26(41)18-44(35)2)14-28(45)37(32)52-6;/h12-17,19-25,28-29,39-41,49-53,69-70H,11,18,26-27H2,1-4,6-10H3,(H,63,73)(H,64,74)(H,65,72)(H,66,71)(H,67,75);8-17,26-27,34-36,45-46H,7,18,41H2,1-6H3,(H,42,47)(H,43,48);1H/t29-,39-,40+,41+,49-,50+,51+,52-,53-;26-,27+,34-,35-,36+;/m10./s1. The van der Waals surface area contributed by atoms with Gasteiger partial charge in [-0.15, -0.1) is 0 Å². The summed E-state index contributed by atoms with van der Waals surface area (Å²) in [5.41, 5.74) is 12.4. The number of carbonyl (C=O) groups excluding carboxylic acids is 7. The summed E-state index contributed by atoms with van der Waals surface area (Å²) in [6, 6.07) is 24.7. The Morgan fingerprint density at radius 2 is 0.889 bits per heavy atom. The van der Waals surface area contributed by atoms with Gasteiger partial charge in [-0.2, -0.15) is 0 Å². The van der Waals surface area contributed by atoms with E-state index in [2.05, 4.69) is 42.1 Å². The Kier molecular flexibility index (Phi) is 32.5. The lowest BCUT2D eigenvalue weighted by Crippen LogP contribution is -2.57. The van der Waals surface area contributed by atoms with Crippen molar-refractivity contribution in [2.45, 2.75) is 133 Å². The molecule has 7 amide bonds. The van der Waals surface area contributed by atoms with Crippen LogP contribution in [0.1, 0.15) is 159 Å². The van der Waals surface area contributed by atoms with Gasteiger partial charge >= 0.3 is 0 Å². The molecule has 0 saturated carbocycles. The third kappa shape index (κ3) is 21.4. The van der Waals surface area contributed by atoms with E-state index < -0.39 is 133 Å². The predicted octanol–water partition coefficient (Wildman–Crippen LogP) is 13.3. The molecule has 33 nitrogen and oxygen atoms in total. The molecule has 9 aromatic carbocycles. The Labute approximate surface area is 794 Å². The highest BCUT2D eigenvalue weighted by atomic mass is 35.5. The van der Waals surface area contributed by atoms with E-state index in [4.69, 9.17) is 99.2 Å². The molecular formula is C98H109Cl3FN11O22. The Balaban J connectivity index is 0.000000262. The van der Waals surface area contributed by atoms with Gasteiger partial charge in [-0.3, -0.25) is 48.1 Å². The first-order valence-electron chi connectivity index (χ1n) is 43.2. The van der Waals surface area contributed by atoms with E-state index in [0.717, 1.165) is 0 Å². The Hall–Kier alpha value is -13.1. The lowest BCUT2D eigenvalue weighted by Gasteiger charge is -2.35. The SMILES string of the molecule is CC[C@H]1NC(=O)[C@H]2NC(=O)[C@H](c3ccc(OC)c(c3)-c3c(OC)cc(OC)cc31)N(C)C[C@H](N)c1cc(O)c(OC)c(c1)Oc1ccc(cc1Cl)[C@H]2O.F.[C-]#[N+]C[C@@H]1NC(=O)[C@H](NC(=O)[C@H](C)CC(C)C)[C@H](O)c2ccc(c(Cl)c2)Oc2cc3cc(c2OC)Oc2ccc(cc2Cl)[C@@H](O)[C@@H]2NC(=O)[C@H](c4ccc(OC)c(c4)-c4c(OC)cc(OC)cc4[C@@H](CC)NC2=O)N(C)C[C@@H]3NC1=O. The first-order valence-corrected chi connectivity index (χ1v) is 44.4. The summed E-state index contributed by atoms with van der Waals surface area (Å²) in [7, 11) is 15.2. The number of hydrogen-bond acceptors (Lipinski definition) is 25. The number of methoxy groups -OCH3 is 8. The van der Waals surface area contributed by atoms with Crippen molar-refractivity contribution in [2.24, 2.45) is 17.6 Å². The molecule has 135 heavy (non-hydrogen) atoms. The van der Waals surface area contributed by atoms with Gasteiger partial charge in [0.05, 0.1) is 90.1 Å². The molecule has 19 bridgehead atoms. The number of aliphatic hydroxyl groups excluding tert-OH is 3. The highest BCUT2D eigenvalue weighted by molar-refractivity contribution is 6.33. The zero-order valence-corrected chi connectivity index (χ0v) is 79.0. The van der Waals surface area contributed by atoms with Crippen LogP contribution in [0, 0.1) is 18.4 Å². The lowest BCUT2D eigenvalue weighted by molar-refractivity contribution is -0.136. The summed E-state index contributed by atoms with van der Waals surface area (Å²) >= 11 is 20.6. The zero-order valence-electron chi connectivity index (χ0n) is 76.8. The highest BCUT2D eigenvalue weighted by Crippen LogP contribution is 2.52. The molecule has 0 unspecified atom stereocenters. The van der Waals surface area contributed by atoms with E-state index in [0.29, 0.717) is 104 Å². The molecule has 0 saturated heterocycles. The topological polar surface area (TPSA) is 423 Å². The van der Waals surface area contributed by atoms with Gasteiger partial charge < -0.3 is 120 Å². The molecule has 0 aromatic heterocycles. The van der Waals surface area contributed by atoms with Crippen LogP contribution in [0.4, 0.5) is 4.70 Å². The average molecular weight is 1920 g/mol. The number of phenolic OH excluding ortho intramolecular Hbond substituents is 1. The minimum atomic E-state index is -1.73. The van der Waals surface area contributed by atoms with Crippen LogP contribution in [-0.4, -0.2) is 186 Å². The van der Waals surface area contributed by atoms with Crippen molar-refractivity contribution in [2.75, 3.05) is 90.6 Å². The smallest absolute Gasteiger partial charge is 0.250 e. The van der Waals surface area contributed by atoms with Crippen LogP contribution in [-0.2, 0) is 33.6 Å². The number of amides is 7. The van der Waals surface area contributed by atoms with Gasteiger partial charge in [0.2, 0.25) is 53.5 Å². The van der Waals surface area contributed by atoms with Crippen LogP contribution in [0.5, 0.6) is 86.2 Å². The molecule has 13 N–H and O–H groups in total. The van der Waals surface area contributed by atoms with Crippen molar-refractivity contribution < 1.29 is 111 Å². The van der Waals surface area contributed by atoms with Crippen LogP contribution in [0.2, 0.25) is 15.1 Å². The summed E-state index contributed by atoms with van der Waals surface area (Å²) in [5.74, 6) is -2.73. The average Bonchev–Trinajstić information content (AvgIpc) is 0.746. The van der Waals surface area contributed by atoms with E-state index in [1.807, 2.05) is 39.8 Å². The fraction of sp³-hybridized carbons (Fsp3) is 0.367. The third-order valence-electron chi connectivity index (χ3n) is 24.3. The van der Waals surface area contributed by atoms with Crippen molar-refractivity contribution in [3.8, 4) is 108 Å². The van der Waals surface area contributed by atoms with Crippen LogP contribution in [0.15, 0.2) is 140 Å². The number of phenols is 1. The second-order valence-corrected chi connectivity index (χ2v) is 34.7. The molecular weight excluding hydrogens is 1810 g/mol. The molecule has 0 fully saturated rings. The molecule has 8 heterocycles. The number of nitrogens with one attached hydrogen (secondary N) is 7. The number of fused-ring (bicyclic) bond motifs is 23. The van der Waals surface area contributed by atoms with E-state index in [9.17, 15) is 44.4 Å². The van der Waals surface area contributed by atoms with Crippen molar-refractivity contribution in [3.63, 3.8) is 0 Å². The quantitative estimate of drug-likeness (QED) is 0.0424. The first-order chi connectivity index (χ1) is 64.1. The number of benzene rings is 9. The molecule has 0 aliphatic carbocycles. The normalized spacial score (nSPS) is 22.0. The number of nitrogens with zero attached hydrogens (tertiary/aromatic N) is 3. The minimum absolute atomic E-state index is 0. The number of halogens is 4. The third-order valence-corrected chi connectivity index (χ3v) is 25.2. The van der Waals surface area contributed by atoms with Crippen LogP contribution < -0.4 is 95.1 Å². The van der Waals surface area contributed by atoms with Crippen molar-refractivity contribution >= 4 is 76.2 Å². The van der Waals surface area contributed by atoms with E-state index >= 15 is 9.59 Å². The largest absolute Gasteiger partial charge is 0.504 e. The first kappa shape index (κ1) is 101. The number of likely N-dealkylation sites (N-methyl/N-ethyl adjacent to an activating group) is 2. The number of ether oxygens (including phenoxy) is 11. The van der Waals surface area contributed by atoms with Crippen molar-refractivity contribution in [1.29, 1.82) is 0 Å². The van der Waals surface area contributed by atoms with Crippen LogP contribution in [0.3, 0.4) is 0 Å². The summed E-state index contributed by atoms with van der Waals surface area (Å²) in [6.07, 6.45) is -3.79.